The monoisotopic (exact) mass is 575 g/mol. The van der Waals surface area contributed by atoms with Crippen LogP contribution in [-0.4, -0.2) is 14.5 Å². The van der Waals surface area contributed by atoms with E-state index in [1.165, 1.54) is 60.5 Å². The van der Waals surface area contributed by atoms with E-state index in [0.29, 0.717) is 0 Å². The maximum absolute atomic E-state index is 5.27. The zero-order valence-corrected chi connectivity index (χ0v) is 25.1. The first kappa shape index (κ1) is 25.7. The summed E-state index contributed by atoms with van der Waals surface area (Å²) in [5.74, 6) is 0. The lowest BCUT2D eigenvalue weighted by Crippen LogP contribution is -1.95. The van der Waals surface area contributed by atoms with Gasteiger partial charge in [-0.15, -0.1) is 0 Å². The van der Waals surface area contributed by atoms with Crippen LogP contribution in [0.2, 0.25) is 0 Å². The third-order valence-corrected chi connectivity index (χ3v) is 9.27. The summed E-state index contributed by atoms with van der Waals surface area (Å²) in [4.78, 5) is 10.3. The normalized spacial score (nSPS) is 11.8. The summed E-state index contributed by atoms with van der Waals surface area (Å²) in [5, 5.41) is 7.21. The molecule has 0 N–H and O–H groups in total. The first-order valence-electron chi connectivity index (χ1n) is 15.4. The predicted octanol–water partition coefficient (Wildman–Crippen LogP) is 11.0. The maximum atomic E-state index is 5.27. The molecular weight excluding hydrogens is 546 g/mol. The van der Waals surface area contributed by atoms with Gasteiger partial charge in [0.15, 0.2) is 0 Å². The third-order valence-electron chi connectivity index (χ3n) is 9.27. The lowest BCUT2D eigenvalue weighted by Gasteiger charge is -2.14. The lowest BCUT2D eigenvalue weighted by atomic mass is 9.93. The number of hydrogen-bond donors (Lipinski definition) is 0. The van der Waals surface area contributed by atoms with Crippen molar-refractivity contribution >= 4 is 54.4 Å². The fraction of sp³-hybridized carbons (Fsp3) is 0.0476. The Bertz CT molecular complexity index is 2580. The highest BCUT2D eigenvalue weighted by Crippen LogP contribution is 2.38. The van der Waals surface area contributed by atoms with Crippen LogP contribution in [0.15, 0.2) is 140 Å². The van der Waals surface area contributed by atoms with Crippen molar-refractivity contribution < 1.29 is 0 Å². The highest BCUT2D eigenvalue weighted by molar-refractivity contribution is 6.23. The van der Waals surface area contributed by atoms with Crippen LogP contribution in [0.3, 0.4) is 0 Å². The standard InChI is InChI=1S/C42H29N3/c1-26-23-36(38-25-43-41-33-17-8-6-14-30(33)31-15-7-9-18-34(31)42(41)44-38)27(2)22-35(26)28-20-21-40-37(24-28)32-16-10-11-19-39(32)45(40)29-12-4-3-5-13-29/h3-25H,1-2H3. The summed E-state index contributed by atoms with van der Waals surface area (Å²) in [6.45, 7) is 4.38. The molecule has 212 valence electrons. The predicted molar refractivity (Wildman–Crippen MR) is 189 cm³/mol. The van der Waals surface area contributed by atoms with Crippen LogP contribution in [-0.2, 0) is 0 Å². The second-order valence-corrected chi connectivity index (χ2v) is 11.9. The highest BCUT2D eigenvalue weighted by atomic mass is 15.0. The molecule has 7 aromatic carbocycles. The molecule has 3 heteroatoms. The van der Waals surface area contributed by atoms with Crippen LogP contribution in [0.5, 0.6) is 0 Å². The highest BCUT2D eigenvalue weighted by Gasteiger charge is 2.17. The minimum Gasteiger partial charge on any atom is -0.309 e. The summed E-state index contributed by atoms with van der Waals surface area (Å²) < 4.78 is 2.36. The number of rotatable bonds is 3. The van der Waals surface area contributed by atoms with Gasteiger partial charge in [0, 0.05) is 32.8 Å². The van der Waals surface area contributed by atoms with Crippen LogP contribution >= 0.6 is 0 Å². The van der Waals surface area contributed by atoms with Crippen molar-refractivity contribution in [1.82, 2.24) is 14.5 Å². The van der Waals surface area contributed by atoms with Gasteiger partial charge in [0.25, 0.3) is 0 Å². The molecule has 0 aliphatic heterocycles. The average Bonchev–Trinajstić information content (AvgIpc) is 3.43. The molecule has 9 aromatic rings. The second-order valence-electron chi connectivity index (χ2n) is 11.9. The molecule has 2 aromatic heterocycles. The Morgan fingerprint density at radius 3 is 1.80 bits per heavy atom. The Labute approximate surface area is 261 Å². The zero-order valence-electron chi connectivity index (χ0n) is 25.1. The minimum absolute atomic E-state index is 0.900. The largest absolute Gasteiger partial charge is 0.309 e. The molecular formula is C42H29N3. The third kappa shape index (κ3) is 3.91. The molecule has 0 aliphatic rings. The van der Waals surface area contributed by atoms with Gasteiger partial charge in [0.1, 0.15) is 0 Å². The Balaban J connectivity index is 1.20. The molecule has 3 nitrogen and oxygen atoms in total. The Hall–Kier alpha value is -5.80. The Morgan fingerprint density at radius 1 is 0.467 bits per heavy atom. The van der Waals surface area contributed by atoms with Gasteiger partial charge in [-0.3, -0.25) is 4.98 Å². The minimum atomic E-state index is 0.900. The number of hydrogen-bond acceptors (Lipinski definition) is 2. The van der Waals surface area contributed by atoms with Gasteiger partial charge in [0.2, 0.25) is 0 Å². The topological polar surface area (TPSA) is 30.7 Å². The number of aryl methyl sites for hydroxylation is 2. The number of benzene rings is 7. The first-order valence-corrected chi connectivity index (χ1v) is 15.4. The van der Waals surface area contributed by atoms with Crippen LogP contribution in [0, 0.1) is 13.8 Å². The van der Waals surface area contributed by atoms with Crippen LogP contribution in [0.25, 0.3) is 82.5 Å². The van der Waals surface area contributed by atoms with Gasteiger partial charge in [0.05, 0.1) is 34.0 Å². The summed E-state index contributed by atoms with van der Waals surface area (Å²) >= 11 is 0. The van der Waals surface area contributed by atoms with Crippen molar-refractivity contribution in [2.75, 3.05) is 0 Å². The van der Waals surface area contributed by atoms with E-state index in [4.69, 9.17) is 9.97 Å². The van der Waals surface area contributed by atoms with Crippen molar-refractivity contribution in [1.29, 1.82) is 0 Å². The molecule has 0 fully saturated rings. The summed E-state index contributed by atoms with van der Waals surface area (Å²) in [7, 11) is 0. The molecule has 0 saturated carbocycles. The molecule has 0 radical (unpaired) electrons. The molecule has 9 rings (SSSR count). The number of aromatic nitrogens is 3. The van der Waals surface area contributed by atoms with E-state index >= 15 is 0 Å². The molecule has 0 bridgehead atoms. The molecule has 0 unspecified atom stereocenters. The van der Waals surface area contributed by atoms with Gasteiger partial charge in [-0.05, 0) is 83.3 Å². The van der Waals surface area contributed by atoms with Crippen LogP contribution in [0.4, 0.5) is 0 Å². The Morgan fingerprint density at radius 2 is 1.04 bits per heavy atom. The summed E-state index contributed by atoms with van der Waals surface area (Å²) in [6, 6.07) is 47.8. The SMILES string of the molecule is Cc1cc(-c2cnc3c4ccccc4c4ccccc4c3n2)c(C)cc1-c1ccc2c(c1)c1ccccc1n2-c1ccccc1. The van der Waals surface area contributed by atoms with E-state index in [-0.39, 0.29) is 0 Å². The van der Waals surface area contributed by atoms with Crippen LogP contribution in [0.1, 0.15) is 11.1 Å². The first-order chi connectivity index (χ1) is 22.2. The fourth-order valence-electron chi connectivity index (χ4n) is 7.15. The molecule has 0 spiro atoms. The fourth-order valence-corrected chi connectivity index (χ4v) is 7.15. The molecule has 0 amide bonds. The summed E-state index contributed by atoms with van der Waals surface area (Å²) in [5.41, 5.74) is 12.4. The molecule has 2 heterocycles. The molecule has 0 saturated heterocycles. The van der Waals surface area contributed by atoms with E-state index in [9.17, 15) is 0 Å². The van der Waals surface area contributed by atoms with Gasteiger partial charge < -0.3 is 4.57 Å². The van der Waals surface area contributed by atoms with Gasteiger partial charge in [-0.1, -0.05) is 97.1 Å². The number of nitrogens with zero attached hydrogens (tertiary/aromatic N) is 3. The van der Waals surface area contributed by atoms with E-state index < -0.39 is 0 Å². The van der Waals surface area contributed by atoms with Gasteiger partial charge in [-0.2, -0.15) is 0 Å². The molecule has 0 aliphatic carbocycles. The average molecular weight is 576 g/mol. The number of para-hydroxylation sites is 2. The molecule has 45 heavy (non-hydrogen) atoms. The van der Waals surface area contributed by atoms with E-state index in [1.807, 2.05) is 6.20 Å². The van der Waals surface area contributed by atoms with Gasteiger partial charge >= 0.3 is 0 Å². The Kier molecular flexibility index (Phi) is 5.63. The lowest BCUT2D eigenvalue weighted by molar-refractivity contribution is 1.18. The van der Waals surface area contributed by atoms with Crippen molar-refractivity contribution in [3.63, 3.8) is 0 Å². The van der Waals surface area contributed by atoms with E-state index in [2.05, 4.69) is 152 Å². The van der Waals surface area contributed by atoms with Crippen LogP contribution < -0.4 is 0 Å². The van der Waals surface area contributed by atoms with Gasteiger partial charge in [-0.25, -0.2) is 4.98 Å². The van der Waals surface area contributed by atoms with E-state index in [0.717, 1.165) is 33.1 Å². The second kappa shape index (κ2) is 9.87. The zero-order chi connectivity index (χ0) is 30.1. The number of fused-ring (bicyclic) bond motifs is 9. The van der Waals surface area contributed by atoms with Crippen molar-refractivity contribution in [2.24, 2.45) is 0 Å². The van der Waals surface area contributed by atoms with E-state index in [1.54, 1.807) is 0 Å². The van der Waals surface area contributed by atoms with Crippen molar-refractivity contribution in [2.45, 2.75) is 13.8 Å². The smallest absolute Gasteiger partial charge is 0.0979 e. The maximum Gasteiger partial charge on any atom is 0.0979 e. The molecule has 0 atom stereocenters. The quantitative estimate of drug-likeness (QED) is 0.196. The van der Waals surface area contributed by atoms with Crippen molar-refractivity contribution in [3.05, 3.63) is 151 Å². The summed E-state index contributed by atoms with van der Waals surface area (Å²) in [6.07, 6.45) is 1.94. The van der Waals surface area contributed by atoms with Crippen molar-refractivity contribution in [3.8, 4) is 28.1 Å².